The fourth-order valence-corrected chi connectivity index (χ4v) is 1.32. The lowest BCUT2D eigenvalue weighted by molar-refractivity contribution is -0.134. The minimum absolute atomic E-state index is 0.487. The lowest BCUT2D eigenvalue weighted by atomic mass is 9.99. The molecule has 0 spiro atoms. The van der Waals surface area contributed by atoms with E-state index in [-0.39, 0.29) is 0 Å². The van der Waals surface area contributed by atoms with E-state index in [9.17, 15) is 9.59 Å². The maximum atomic E-state index is 11.0. The van der Waals surface area contributed by atoms with Gasteiger partial charge in [0.15, 0.2) is 0 Å². The molecule has 0 radical (unpaired) electrons. The number of carbonyl (C=O) groups is 2. The molecular formula is C12H16N2O2. The zero-order valence-corrected chi connectivity index (χ0v) is 9.49. The Morgan fingerprint density at radius 3 is 2.31 bits per heavy atom. The molecule has 3 N–H and O–H groups in total. The third kappa shape index (κ3) is 3.08. The van der Waals surface area contributed by atoms with Crippen molar-refractivity contribution in [3.8, 4) is 0 Å². The number of nitrogens with two attached hydrogens (primary N) is 1. The predicted octanol–water partition coefficient (Wildman–Crippen LogP) is 1.62. The Bertz CT molecular complexity index is 385. The van der Waals surface area contributed by atoms with Gasteiger partial charge in [-0.25, -0.2) is 0 Å². The SMILES string of the molecule is CCC(C)c1ccc(NC(=O)C(N)=O)cc1. The molecule has 0 aliphatic rings. The highest BCUT2D eigenvalue weighted by Gasteiger charge is 2.08. The number of anilines is 1. The van der Waals surface area contributed by atoms with Crippen molar-refractivity contribution in [1.82, 2.24) is 0 Å². The van der Waals surface area contributed by atoms with Crippen LogP contribution in [0, 0.1) is 0 Å². The number of rotatable bonds is 3. The van der Waals surface area contributed by atoms with E-state index in [1.807, 2.05) is 12.1 Å². The molecule has 86 valence electrons. The first kappa shape index (κ1) is 12.2. The Morgan fingerprint density at radius 1 is 1.31 bits per heavy atom. The van der Waals surface area contributed by atoms with Crippen LogP contribution in [0.5, 0.6) is 0 Å². The molecule has 16 heavy (non-hydrogen) atoms. The third-order valence-corrected chi connectivity index (χ3v) is 2.57. The second-order valence-corrected chi connectivity index (χ2v) is 3.75. The lowest BCUT2D eigenvalue weighted by Crippen LogP contribution is -2.29. The van der Waals surface area contributed by atoms with Crippen LogP contribution in [-0.4, -0.2) is 11.8 Å². The molecule has 0 fully saturated rings. The van der Waals surface area contributed by atoms with Crippen LogP contribution in [0.1, 0.15) is 31.7 Å². The number of hydrogen-bond acceptors (Lipinski definition) is 2. The Balaban J connectivity index is 2.72. The molecule has 0 saturated heterocycles. The molecule has 0 aromatic heterocycles. The Labute approximate surface area is 94.8 Å². The zero-order chi connectivity index (χ0) is 12.1. The summed E-state index contributed by atoms with van der Waals surface area (Å²) in [4.78, 5) is 21.5. The van der Waals surface area contributed by atoms with E-state index in [0.717, 1.165) is 6.42 Å². The van der Waals surface area contributed by atoms with Gasteiger partial charge in [0.05, 0.1) is 0 Å². The van der Waals surface area contributed by atoms with Crippen LogP contribution in [-0.2, 0) is 9.59 Å². The Kier molecular flexibility index (Phi) is 4.05. The van der Waals surface area contributed by atoms with E-state index in [1.54, 1.807) is 12.1 Å². The molecule has 1 unspecified atom stereocenters. The predicted molar refractivity (Wildman–Crippen MR) is 63.0 cm³/mol. The van der Waals surface area contributed by atoms with Gasteiger partial charge < -0.3 is 11.1 Å². The van der Waals surface area contributed by atoms with Crippen molar-refractivity contribution in [2.75, 3.05) is 5.32 Å². The molecule has 0 saturated carbocycles. The molecule has 0 aliphatic carbocycles. The van der Waals surface area contributed by atoms with Crippen molar-refractivity contribution < 1.29 is 9.59 Å². The molecule has 1 aromatic rings. The maximum Gasteiger partial charge on any atom is 0.313 e. The summed E-state index contributed by atoms with van der Waals surface area (Å²) in [5, 5.41) is 2.41. The second-order valence-electron chi connectivity index (χ2n) is 3.75. The van der Waals surface area contributed by atoms with Gasteiger partial charge in [0.2, 0.25) is 0 Å². The average molecular weight is 220 g/mol. The van der Waals surface area contributed by atoms with Gasteiger partial charge in [-0.2, -0.15) is 0 Å². The highest BCUT2D eigenvalue weighted by atomic mass is 16.2. The maximum absolute atomic E-state index is 11.0. The smallest absolute Gasteiger partial charge is 0.313 e. The van der Waals surface area contributed by atoms with Gasteiger partial charge in [0.1, 0.15) is 0 Å². The fraction of sp³-hybridized carbons (Fsp3) is 0.333. The van der Waals surface area contributed by atoms with E-state index < -0.39 is 11.8 Å². The Hall–Kier alpha value is -1.84. The highest BCUT2D eigenvalue weighted by Crippen LogP contribution is 2.20. The van der Waals surface area contributed by atoms with Crippen LogP contribution in [0.15, 0.2) is 24.3 Å². The van der Waals surface area contributed by atoms with Gasteiger partial charge in [0.25, 0.3) is 0 Å². The number of carbonyl (C=O) groups excluding carboxylic acids is 2. The standard InChI is InChI=1S/C12H16N2O2/c1-3-8(2)9-4-6-10(7-5-9)14-12(16)11(13)15/h4-8H,3H2,1-2H3,(H2,13,15)(H,14,16). The van der Waals surface area contributed by atoms with Crippen molar-refractivity contribution in [3.63, 3.8) is 0 Å². The largest absolute Gasteiger partial charge is 0.361 e. The molecule has 1 aromatic carbocycles. The van der Waals surface area contributed by atoms with Gasteiger partial charge in [-0.15, -0.1) is 0 Å². The van der Waals surface area contributed by atoms with Gasteiger partial charge in [-0.3, -0.25) is 9.59 Å². The van der Waals surface area contributed by atoms with E-state index in [1.165, 1.54) is 5.56 Å². The normalized spacial score (nSPS) is 11.9. The minimum Gasteiger partial charge on any atom is -0.361 e. The quantitative estimate of drug-likeness (QED) is 0.760. The molecule has 4 nitrogen and oxygen atoms in total. The van der Waals surface area contributed by atoms with Crippen LogP contribution in [0.4, 0.5) is 5.69 Å². The summed E-state index contributed by atoms with van der Waals surface area (Å²) >= 11 is 0. The van der Waals surface area contributed by atoms with Crippen molar-refractivity contribution in [2.45, 2.75) is 26.2 Å². The lowest BCUT2D eigenvalue weighted by Gasteiger charge is -2.09. The van der Waals surface area contributed by atoms with Gasteiger partial charge >= 0.3 is 11.8 Å². The summed E-state index contributed by atoms with van der Waals surface area (Å²) in [6.45, 7) is 4.25. The number of benzene rings is 1. The molecule has 1 rings (SSSR count). The van der Waals surface area contributed by atoms with Crippen molar-refractivity contribution in [3.05, 3.63) is 29.8 Å². The average Bonchev–Trinajstić information content (AvgIpc) is 2.28. The van der Waals surface area contributed by atoms with Crippen LogP contribution in [0.2, 0.25) is 0 Å². The molecule has 0 heterocycles. The summed E-state index contributed by atoms with van der Waals surface area (Å²) in [6, 6.07) is 7.40. The molecule has 2 amide bonds. The molecular weight excluding hydrogens is 204 g/mol. The summed E-state index contributed by atoms with van der Waals surface area (Å²) < 4.78 is 0. The van der Waals surface area contributed by atoms with Crippen molar-refractivity contribution >= 4 is 17.5 Å². The molecule has 4 heteroatoms. The summed E-state index contributed by atoms with van der Waals surface area (Å²) in [6.07, 6.45) is 1.06. The first-order valence-corrected chi connectivity index (χ1v) is 5.25. The van der Waals surface area contributed by atoms with Crippen LogP contribution in [0.25, 0.3) is 0 Å². The number of primary amides is 1. The minimum atomic E-state index is -0.981. The summed E-state index contributed by atoms with van der Waals surface area (Å²) in [5.74, 6) is -1.29. The highest BCUT2D eigenvalue weighted by molar-refractivity contribution is 6.39. The number of hydrogen-bond donors (Lipinski definition) is 2. The Morgan fingerprint density at radius 2 is 1.88 bits per heavy atom. The van der Waals surface area contributed by atoms with E-state index in [4.69, 9.17) is 5.73 Å². The van der Waals surface area contributed by atoms with Crippen LogP contribution in [0.3, 0.4) is 0 Å². The number of nitrogens with one attached hydrogen (secondary N) is 1. The van der Waals surface area contributed by atoms with E-state index >= 15 is 0 Å². The van der Waals surface area contributed by atoms with Crippen LogP contribution < -0.4 is 11.1 Å². The van der Waals surface area contributed by atoms with Gasteiger partial charge in [0, 0.05) is 5.69 Å². The van der Waals surface area contributed by atoms with Crippen molar-refractivity contribution in [1.29, 1.82) is 0 Å². The van der Waals surface area contributed by atoms with Gasteiger partial charge in [-0.1, -0.05) is 26.0 Å². The second kappa shape index (κ2) is 5.30. The molecule has 1 atom stereocenters. The zero-order valence-electron chi connectivity index (χ0n) is 9.49. The number of amides is 2. The van der Waals surface area contributed by atoms with Crippen LogP contribution >= 0.6 is 0 Å². The molecule has 0 aliphatic heterocycles. The van der Waals surface area contributed by atoms with E-state index in [2.05, 4.69) is 19.2 Å². The molecule has 0 bridgehead atoms. The van der Waals surface area contributed by atoms with E-state index in [0.29, 0.717) is 11.6 Å². The third-order valence-electron chi connectivity index (χ3n) is 2.57. The first-order valence-electron chi connectivity index (χ1n) is 5.25. The fourth-order valence-electron chi connectivity index (χ4n) is 1.32. The topological polar surface area (TPSA) is 72.2 Å². The van der Waals surface area contributed by atoms with Gasteiger partial charge in [-0.05, 0) is 30.0 Å². The first-order chi connectivity index (χ1) is 7.54. The summed E-state index contributed by atoms with van der Waals surface area (Å²) in [7, 11) is 0. The monoisotopic (exact) mass is 220 g/mol. The summed E-state index contributed by atoms with van der Waals surface area (Å²) in [5.41, 5.74) is 6.62. The van der Waals surface area contributed by atoms with Crippen molar-refractivity contribution in [2.24, 2.45) is 5.73 Å².